The van der Waals surface area contributed by atoms with E-state index < -0.39 is 0 Å². The number of nitrogens with one attached hydrogen (secondary N) is 1. The van der Waals surface area contributed by atoms with Crippen molar-refractivity contribution in [2.24, 2.45) is 0 Å². The van der Waals surface area contributed by atoms with Crippen LogP contribution in [0.1, 0.15) is 15.9 Å². The predicted molar refractivity (Wildman–Crippen MR) is 111 cm³/mol. The fourth-order valence-corrected chi connectivity index (χ4v) is 3.81. The zero-order valence-electron chi connectivity index (χ0n) is 13.6. The molecule has 1 saturated heterocycles. The molecule has 7 heteroatoms. The van der Waals surface area contributed by atoms with Crippen molar-refractivity contribution in [1.82, 2.24) is 10.2 Å². The first-order valence-corrected chi connectivity index (χ1v) is 9.78. The van der Waals surface area contributed by atoms with Gasteiger partial charge in [0.1, 0.15) is 0 Å². The molecule has 1 N–H and O–H groups in total. The maximum atomic E-state index is 12.4. The standard InChI is InChI=1S/C19H15IN2O3S/c20-15-8-4-7-14(12-15)17(23)21-9-10-22-18(24)16(26-19(22)25)11-13-5-2-1-3-6-13/h1-8,11-12H,9-10H2,(H,21,23). The molecule has 1 aliphatic heterocycles. The Labute approximate surface area is 169 Å². The van der Waals surface area contributed by atoms with Gasteiger partial charge in [0.15, 0.2) is 0 Å². The van der Waals surface area contributed by atoms with Gasteiger partial charge in [-0.3, -0.25) is 19.3 Å². The molecule has 0 atom stereocenters. The number of amides is 3. The molecule has 0 saturated carbocycles. The smallest absolute Gasteiger partial charge is 0.293 e. The number of halogens is 1. The van der Waals surface area contributed by atoms with Crippen molar-refractivity contribution in [3.05, 3.63) is 74.2 Å². The van der Waals surface area contributed by atoms with Gasteiger partial charge in [0, 0.05) is 22.2 Å². The van der Waals surface area contributed by atoms with Gasteiger partial charge in [-0.15, -0.1) is 0 Å². The summed E-state index contributed by atoms with van der Waals surface area (Å²) < 4.78 is 0.965. The Hall–Kier alpha value is -2.13. The normalized spacial score (nSPS) is 15.6. The number of nitrogens with zero attached hydrogens (tertiary/aromatic N) is 1. The second-order valence-electron chi connectivity index (χ2n) is 5.51. The molecule has 132 valence electrons. The van der Waals surface area contributed by atoms with E-state index in [0.29, 0.717) is 10.5 Å². The molecule has 2 aromatic carbocycles. The van der Waals surface area contributed by atoms with E-state index in [1.54, 1.807) is 18.2 Å². The van der Waals surface area contributed by atoms with E-state index in [1.165, 1.54) is 0 Å². The molecule has 5 nitrogen and oxygen atoms in total. The molecule has 3 amide bonds. The van der Waals surface area contributed by atoms with Crippen LogP contribution in [0.15, 0.2) is 59.5 Å². The molecule has 1 fully saturated rings. The lowest BCUT2D eigenvalue weighted by atomic mass is 10.2. The van der Waals surface area contributed by atoms with Crippen molar-refractivity contribution in [2.45, 2.75) is 0 Å². The van der Waals surface area contributed by atoms with Crippen molar-refractivity contribution < 1.29 is 14.4 Å². The van der Waals surface area contributed by atoms with Crippen molar-refractivity contribution in [1.29, 1.82) is 0 Å². The quantitative estimate of drug-likeness (QED) is 0.525. The molecular formula is C19H15IN2O3S. The highest BCUT2D eigenvalue weighted by Gasteiger charge is 2.34. The van der Waals surface area contributed by atoms with E-state index >= 15 is 0 Å². The summed E-state index contributed by atoms with van der Waals surface area (Å²) in [6.45, 7) is 0.355. The monoisotopic (exact) mass is 478 g/mol. The van der Waals surface area contributed by atoms with Crippen LogP contribution in [0, 0.1) is 3.57 Å². The third-order valence-corrected chi connectivity index (χ3v) is 5.26. The molecule has 0 spiro atoms. The summed E-state index contributed by atoms with van der Waals surface area (Å²) in [7, 11) is 0. The molecular weight excluding hydrogens is 463 g/mol. The summed E-state index contributed by atoms with van der Waals surface area (Å²) in [6.07, 6.45) is 1.70. The zero-order valence-corrected chi connectivity index (χ0v) is 16.6. The fraction of sp³-hybridized carbons (Fsp3) is 0.105. The molecule has 0 radical (unpaired) electrons. The molecule has 0 aromatic heterocycles. The number of hydrogen-bond donors (Lipinski definition) is 1. The highest BCUT2D eigenvalue weighted by molar-refractivity contribution is 14.1. The first-order valence-electron chi connectivity index (χ1n) is 7.89. The van der Waals surface area contributed by atoms with Gasteiger partial charge in [-0.25, -0.2) is 0 Å². The zero-order chi connectivity index (χ0) is 18.5. The van der Waals surface area contributed by atoms with E-state index in [1.807, 2.05) is 42.5 Å². The van der Waals surface area contributed by atoms with Gasteiger partial charge in [0.2, 0.25) is 0 Å². The third kappa shape index (κ3) is 4.53. The number of benzene rings is 2. The summed E-state index contributed by atoms with van der Waals surface area (Å²) in [4.78, 5) is 38.2. The Morgan fingerprint density at radius 3 is 2.62 bits per heavy atom. The second-order valence-corrected chi connectivity index (χ2v) is 7.75. The highest BCUT2D eigenvalue weighted by atomic mass is 127. The minimum absolute atomic E-state index is 0.145. The second kappa shape index (κ2) is 8.50. The maximum Gasteiger partial charge on any atom is 0.293 e. The first-order chi connectivity index (χ1) is 12.5. The summed E-state index contributed by atoms with van der Waals surface area (Å²) >= 11 is 3.06. The average Bonchev–Trinajstić information content (AvgIpc) is 2.90. The predicted octanol–water partition coefficient (Wildman–Crippen LogP) is 3.76. The van der Waals surface area contributed by atoms with Gasteiger partial charge in [0.25, 0.3) is 17.1 Å². The number of rotatable bonds is 5. The van der Waals surface area contributed by atoms with Gasteiger partial charge >= 0.3 is 0 Å². The largest absolute Gasteiger partial charge is 0.350 e. The lowest BCUT2D eigenvalue weighted by Gasteiger charge is -2.13. The van der Waals surface area contributed by atoms with Gasteiger partial charge in [-0.2, -0.15) is 0 Å². The number of imide groups is 1. The van der Waals surface area contributed by atoms with Gasteiger partial charge in [0.05, 0.1) is 4.91 Å². The summed E-state index contributed by atoms with van der Waals surface area (Å²) in [5.74, 6) is -0.553. The highest BCUT2D eigenvalue weighted by Crippen LogP contribution is 2.31. The summed E-state index contributed by atoms with van der Waals surface area (Å²) in [5, 5.41) is 2.42. The molecule has 3 rings (SSSR count). The van der Waals surface area contributed by atoms with Crippen LogP contribution in [0.2, 0.25) is 0 Å². The lowest BCUT2D eigenvalue weighted by molar-refractivity contribution is -0.122. The van der Waals surface area contributed by atoms with E-state index in [2.05, 4.69) is 27.9 Å². The maximum absolute atomic E-state index is 12.4. The van der Waals surface area contributed by atoms with E-state index in [4.69, 9.17) is 0 Å². The Bertz CT molecular complexity index is 883. The van der Waals surface area contributed by atoms with Gasteiger partial charge < -0.3 is 5.32 Å². The minimum atomic E-state index is -0.327. The molecule has 2 aromatic rings. The van der Waals surface area contributed by atoms with Crippen molar-refractivity contribution in [2.75, 3.05) is 13.1 Å². The number of carbonyl (C=O) groups excluding carboxylic acids is 3. The van der Waals surface area contributed by atoms with Crippen LogP contribution in [0.3, 0.4) is 0 Å². The van der Waals surface area contributed by atoms with E-state index in [-0.39, 0.29) is 30.1 Å². The van der Waals surface area contributed by atoms with Gasteiger partial charge in [-0.05, 0) is 64.2 Å². The lowest BCUT2D eigenvalue weighted by Crippen LogP contribution is -2.37. The van der Waals surface area contributed by atoms with Crippen LogP contribution in [-0.2, 0) is 4.79 Å². The summed E-state index contributed by atoms with van der Waals surface area (Å²) in [6, 6.07) is 16.6. The first kappa shape index (κ1) is 18.7. The average molecular weight is 478 g/mol. The van der Waals surface area contributed by atoms with Crippen molar-refractivity contribution >= 4 is 57.5 Å². The molecule has 0 bridgehead atoms. The molecule has 26 heavy (non-hydrogen) atoms. The third-order valence-electron chi connectivity index (χ3n) is 3.68. The van der Waals surface area contributed by atoms with Crippen LogP contribution in [0.5, 0.6) is 0 Å². The van der Waals surface area contributed by atoms with Crippen molar-refractivity contribution in [3.63, 3.8) is 0 Å². The molecule has 0 unspecified atom stereocenters. The van der Waals surface area contributed by atoms with Crippen molar-refractivity contribution in [3.8, 4) is 0 Å². The van der Waals surface area contributed by atoms with Crippen LogP contribution in [0.4, 0.5) is 4.79 Å². The number of hydrogen-bond acceptors (Lipinski definition) is 4. The van der Waals surface area contributed by atoms with E-state index in [0.717, 1.165) is 25.8 Å². The molecule has 0 aliphatic carbocycles. The SMILES string of the molecule is O=C(NCCN1C(=O)SC(=Cc2ccccc2)C1=O)c1cccc(I)c1. The minimum Gasteiger partial charge on any atom is -0.350 e. The number of carbonyl (C=O) groups is 3. The number of thioether (sulfide) groups is 1. The Kier molecular flexibility index (Phi) is 6.10. The van der Waals surface area contributed by atoms with E-state index in [9.17, 15) is 14.4 Å². The Balaban J connectivity index is 1.58. The molecule has 1 heterocycles. The van der Waals surface area contributed by atoms with Crippen LogP contribution in [0.25, 0.3) is 6.08 Å². The fourth-order valence-electron chi connectivity index (χ4n) is 2.41. The van der Waals surface area contributed by atoms with Gasteiger partial charge in [-0.1, -0.05) is 36.4 Å². The Morgan fingerprint density at radius 1 is 1.12 bits per heavy atom. The topological polar surface area (TPSA) is 66.5 Å². The van der Waals surface area contributed by atoms with Crippen LogP contribution in [-0.4, -0.2) is 35.0 Å². The molecule has 1 aliphatic rings. The Morgan fingerprint density at radius 2 is 1.88 bits per heavy atom. The summed E-state index contributed by atoms with van der Waals surface area (Å²) in [5.41, 5.74) is 1.42. The van der Waals surface area contributed by atoms with Crippen LogP contribution < -0.4 is 5.32 Å². The van der Waals surface area contributed by atoms with Crippen LogP contribution >= 0.6 is 34.4 Å².